The molecule has 1 atom stereocenters. The fraction of sp³-hybridized carbons (Fsp3) is 0.231. The Balaban J connectivity index is 2.02. The zero-order chi connectivity index (χ0) is 12.7. The molecule has 0 bridgehead atoms. The number of amides is 1. The zero-order valence-electron chi connectivity index (χ0n) is 9.60. The van der Waals surface area contributed by atoms with Crippen LogP contribution >= 0.6 is 11.3 Å². The van der Waals surface area contributed by atoms with Gasteiger partial charge in [-0.2, -0.15) is 0 Å². The lowest BCUT2D eigenvalue weighted by molar-refractivity contribution is -0.117. The number of benzene rings is 1. The van der Waals surface area contributed by atoms with E-state index in [1.54, 1.807) is 17.0 Å². The van der Waals surface area contributed by atoms with Crippen molar-refractivity contribution in [1.82, 2.24) is 4.98 Å². The van der Waals surface area contributed by atoms with E-state index >= 15 is 0 Å². The maximum Gasteiger partial charge on any atom is 0.229 e. The first-order valence-corrected chi connectivity index (χ1v) is 6.48. The number of nitrogens with zero attached hydrogens (tertiary/aromatic N) is 2. The number of aromatic nitrogens is 1. The van der Waals surface area contributed by atoms with E-state index in [-0.39, 0.29) is 17.6 Å². The minimum absolute atomic E-state index is 0.0272. The van der Waals surface area contributed by atoms with Gasteiger partial charge in [0.2, 0.25) is 5.91 Å². The largest absolute Gasteiger partial charge is 0.287 e. The quantitative estimate of drug-likeness (QED) is 0.779. The van der Waals surface area contributed by atoms with Crippen molar-refractivity contribution < 1.29 is 9.18 Å². The summed E-state index contributed by atoms with van der Waals surface area (Å²) in [5, 5.41) is 0.574. The minimum atomic E-state index is -0.345. The van der Waals surface area contributed by atoms with Gasteiger partial charge in [0.25, 0.3) is 0 Å². The van der Waals surface area contributed by atoms with Crippen molar-refractivity contribution >= 4 is 32.6 Å². The molecular formula is C13H11FN2OS. The van der Waals surface area contributed by atoms with Gasteiger partial charge in [0.05, 0.1) is 4.70 Å². The fourth-order valence-corrected chi connectivity index (χ4v) is 3.10. The van der Waals surface area contributed by atoms with E-state index in [1.165, 1.54) is 17.4 Å². The maximum atomic E-state index is 13.6. The average Bonchev–Trinajstić information content (AvgIpc) is 2.93. The van der Waals surface area contributed by atoms with Gasteiger partial charge in [0.15, 0.2) is 5.13 Å². The minimum Gasteiger partial charge on any atom is -0.287 e. The summed E-state index contributed by atoms with van der Waals surface area (Å²) in [4.78, 5) is 17.7. The van der Waals surface area contributed by atoms with Gasteiger partial charge in [-0.25, -0.2) is 9.37 Å². The molecule has 2 heterocycles. The van der Waals surface area contributed by atoms with Crippen LogP contribution in [0.2, 0.25) is 0 Å². The Morgan fingerprint density at radius 2 is 2.39 bits per heavy atom. The number of rotatable bonds is 2. The first-order chi connectivity index (χ1) is 8.69. The van der Waals surface area contributed by atoms with Gasteiger partial charge in [0.1, 0.15) is 11.3 Å². The highest BCUT2D eigenvalue weighted by Gasteiger charge is 2.30. The predicted octanol–water partition coefficient (Wildman–Crippen LogP) is 2.97. The van der Waals surface area contributed by atoms with E-state index in [1.807, 2.05) is 6.07 Å². The van der Waals surface area contributed by atoms with Gasteiger partial charge in [-0.3, -0.25) is 9.69 Å². The van der Waals surface area contributed by atoms with E-state index < -0.39 is 0 Å². The molecule has 1 aromatic carbocycles. The standard InChI is InChI=1S/C13H11FN2OS/c1-2-8-6-11(17)16(7-8)13-15-12-9(14)4-3-5-10(12)18-13/h2-5,8H,1,6-7H2. The van der Waals surface area contributed by atoms with Crippen LogP contribution in [-0.4, -0.2) is 17.4 Å². The maximum absolute atomic E-state index is 13.6. The molecule has 1 fully saturated rings. The van der Waals surface area contributed by atoms with Crippen LogP contribution in [0.5, 0.6) is 0 Å². The number of carbonyl (C=O) groups excluding carboxylic acids is 1. The number of fused-ring (bicyclic) bond motifs is 1. The second-order valence-electron chi connectivity index (χ2n) is 4.29. The summed E-state index contributed by atoms with van der Waals surface area (Å²) in [5.41, 5.74) is 0.340. The average molecular weight is 262 g/mol. The highest BCUT2D eigenvalue weighted by molar-refractivity contribution is 7.22. The Labute approximate surface area is 108 Å². The molecule has 18 heavy (non-hydrogen) atoms. The predicted molar refractivity (Wildman–Crippen MR) is 70.2 cm³/mol. The Morgan fingerprint density at radius 1 is 1.56 bits per heavy atom. The van der Waals surface area contributed by atoms with Crippen LogP contribution in [0.3, 0.4) is 0 Å². The summed E-state index contributed by atoms with van der Waals surface area (Å²) in [6.45, 7) is 4.29. The normalized spacial score (nSPS) is 19.7. The second-order valence-corrected chi connectivity index (χ2v) is 5.30. The number of thiazole rings is 1. The SMILES string of the molecule is C=CC1CC(=O)N(c2nc3c(F)cccc3s2)C1. The summed E-state index contributed by atoms with van der Waals surface area (Å²) in [6.07, 6.45) is 2.24. The van der Waals surface area contributed by atoms with Gasteiger partial charge < -0.3 is 0 Å². The fourth-order valence-electron chi connectivity index (χ4n) is 2.10. The molecule has 1 aliphatic rings. The number of hydrogen-bond donors (Lipinski definition) is 0. The monoisotopic (exact) mass is 262 g/mol. The van der Waals surface area contributed by atoms with Crippen molar-refractivity contribution in [3.63, 3.8) is 0 Å². The smallest absolute Gasteiger partial charge is 0.229 e. The zero-order valence-corrected chi connectivity index (χ0v) is 10.4. The van der Waals surface area contributed by atoms with E-state index in [9.17, 15) is 9.18 Å². The lowest BCUT2D eigenvalue weighted by Crippen LogP contribution is -2.24. The second kappa shape index (κ2) is 4.17. The van der Waals surface area contributed by atoms with Crippen LogP contribution in [0, 0.1) is 11.7 Å². The number of anilines is 1. The highest BCUT2D eigenvalue weighted by Crippen LogP contribution is 2.33. The summed E-state index contributed by atoms with van der Waals surface area (Å²) in [5.74, 6) is -0.157. The van der Waals surface area contributed by atoms with Gasteiger partial charge in [-0.15, -0.1) is 6.58 Å². The Bertz CT molecular complexity index is 637. The molecule has 5 heteroatoms. The molecule has 0 spiro atoms. The molecule has 1 aliphatic heterocycles. The first kappa shape index (κ1) is 11.3. The third kappa shape index (κ3) is 1.71. The van der Waals surface area contributed by atoms with Crippen molar-refractivity contribution in [2.75, 3.05) is 11.4 Å². The Morgan fingerprint density at radius 3 is 3.06 bits per heavy atom. The van der Waals surface area contributed by atoms with Crippen LogP contribution in [0.25, 0.3) is 10.2 Å². The number of hydrogen-bond acceptors (Lipinski definition) is 3. The van der Waals surface area contributed by atoms with Crippen LogP contribution in [0.4, 0.5) is 9.52 Å². The van der Waals surface area contributed by atoms with Gasteiger partial charge in [0, 0.05) is 18.9 Å². The molecule has 0 N–H and O–H groups in total. The summed E-state index contributed by atoms with van der Waals surface area (Å²) in [7, 11) is 0. The summed E-state index contributed by atoms with van der Waals surface area (Å²) < 4.78 is 14.3. The first-order valence-electron chi connectivity index (χ1n) is 5.67. The van der Waals surface area contributed by atoms with Gasteiger partial charge in [-0.1, -0.05) is 23.5 Å². The van der Waals surface area contributed by atoms with E-state index in [0.717, 1.165) is 4.70 Å². The van der Waals surface area contributed by atoms with Crippen molar-refractivity contribution in [3.8, 4) is 0 Å². The molecule has 1 amide bonds. The molecule has 2 aromatic rings. The van der Waals surface area contributed by atoms with E-state index in [0.29, 0.717) is 23.6 Å². The third-order valence-electron chi connectivity index (χ3n) is 3.08. The van der Waals surface area contributed by atoms with Crippen LogP contribution in [0.15, 0.2) is 30.9 Å². The molecule has 3 rings (SSSR count). The molecule has 92 valence electrons. The third-order valence-corrected chi connectivity index (χ3v) is 4.12. The molecule has 3 nitrogen and oxygen atoms in total. The van der Waals surface area contributed by atoms with Crippen molar-refractivity contribution in [2.24, 2.45) is 5.92 Å². The van der Waals surface area contributed by atoms with Crippen LogP contribution in [0.1, 0.15) is 6.42 Å². The molecule has 0 aliphatic carbocycles. The lowest BCUT2D eigenvalue weighted by atomic mass is 10.1. The number of para-hydroxylation sites is 1. The lowest BCUT2D eigenvalue weighted by Gasteiger charge is -2.11. The van der Waals surface area contributed by atoms with Crippen LogP contribution < -0.4 is 4.90 Å². The van der Waals surface area contributed by atoms with E-state index in [2.05, 4.69) is 11.6 Å². The van der Waals surface area contributed by atoms with Gasteiger partial charge in [-0.05, 0) is 12.1 Å². The van der Waals surface area contributed by atoms with Crippen molar-refractivity contribution in [2.45, 2.75) is 6.42 Å². The molecule has 1 unspecified atom stereocenters. The molecule has 0 saturated carbocycles. The summed E-state index contributed by atoms with van der Waals surface area (Å²) in [6, 6.07) is 4.84. The topological polar surface area (TPSA) is 33.2 Å². The van der Waals surface area contributed by atoms with Crippen LogP contribution in [-0.2, 0) is 4.79 Å². The van der Waals surface area contributed by atoms with Crippen molar-refractivity contribution in [1.29, 1.82) is 0 Å². The number of carbonyl (C=O) groups is 1. The summed E-state index contributed by atoms with van der Waals surface area (Å²) >= 11 is 1.34. The molecule has 1 aromatic heterocycles. The van der Waals surface area contributed by atoms with Crippen molar-refractivity contribution in [3.05, 3.63) is 36.7 Å². The molecule has 1 saturated heterocycles. The number of halogens is 1. The van der Waals surface area contributed by atoms with Gasteiger partial charge >= 0.3 is 0 Å². The highest BCUT2D eigenvalue weighted by atomic mass is 32.1. The molecule has 0 radical (unpaired) electrons. The Hall–Kier alpha value is -1.75. The van der Waals surface area contributed by atoms with E-state index in [4.69, 9.17) is 0 Å². The Kier molecular flexibility index (Phi) is 2.63. The molecular weight excluding hydrogens is 251 g/mol.